The molecule has 194 valence electrons. The first-order valence-electron chi connectivity index (χ1n) is 13.6. The van der Waals surface area contributed by atoms with Gasteiger partial charge in [0, 0.05) is 41.1 Å². The van der Waals surface area contributed by atoms with Gasteiger partial charge in [-0.15, -0.1) is 11.8 Å². The van der Waals surface area contributed by atoms with Gasteiger partial charge in [-0.1, -0.05) is 18.9 Å². The molecule has 5 rings (SSSR count). The van der Waals surface area contributed by atoms with E-state index in [-0.39, 0.29) is 18.1 Å². The van der Waals surface area contributed by atoms with Crippen LogP contribution in [0.25, 0.3) is 0 Å². The Morgan fingerprint density at radius 1 is 1.14 bits per heavy atom. The quantitative estimate of drug-likeness (QED) is 0.368. The molecule has 2 aliphatic carbocycles. The summed E-state index contributed by atoms with van der Waals surface area (Å²) in [6.07, 6.45) is 10.8. The Hall–Kier alpha value is -2.25. The monoisotopic (exact) mass is 508 g/mol. The highest BCUT2D eigenvalue weighted by Crippen LogP contribution is 2.54. The highest BCUT2D eigenvalue weighted by Gasteiger charge is 2.45. The van der Waals surface area contributed by atoms with Crippen LogP contribution >= 0.6 is 11.8 Å². The number of piperidine rings is 1. The number of hydrogen-bond donors (Lipinski definition) is 3. The lowest BCUT2D eigenvalue weighted by atomic mass is 9.93. The summed E-state index contributed by atoms with van der Waals surface area (Å²) in [6.45, 7) is 6.09. The number of thioether (sulfide) groups is 1. The normalized spacial score (nSPS) is 19.5. The maximum absolute atomic E-state index is 13.5. The molecule has 6 nitrogen and oxygen atoms in total. The molecule has 0 radical (unpaired) electrons. The average Bonchev–Trinajstić information content (AvgIpc) is 3.39. The van der Waals surface area contributed by atoms with E-state index in [2.05, 4.69) is 41.5 Å². The lowest BCUT2D eigenvalue weighted by Crippen LogP contribution is -2.37. The second kappa shape index (κ2) is 10.6. The molecule has 1 aliphatic heterocycles. The first kappa shape index (κ1) is 25.4. The van der Waals surface area contributed by atoms with E-state index in [1.807, 2.05) is 36.0 Å². The number of anilines is 3. The lowest BCUT2D eigenvalue weighted by molar-refractivity contribution is 0.102. The fourth-order valence-corrected chi connectivity index (χ4v) is 6.84. The second-order valence-corrected chi connectivity index (χ2v) is 12.9. The number of nitrogens with zero attached hydrogens (tertiary/aromatic N) is 2. The molecule has 0 atom stereocenters. The predicted molar refractivity (Wildman–Crippen MR) is 149 cm³/mol. The smallest absolute Gasteiger partial charge is 0.259 e. The first-order chi connectivity index (χ1) is 17.3. The van der Waals surface area contributed by atoms with Gasteiger partial charge in [0.05, 0.1) is 5.56 Å². The van der Waals surface area contributed by atoms with Crippen LogP contribution in [-0.2, 0) is 0 Å². The molecule has 1 aromatic heterocycles. The van der Waals surface area contributed by atoms with Crippen molar-refractivity contribution in [1.29, 1.82) is 0 Å². The van der Waals surface area contributed by atoms with Gasteiger partial charge >= 0.3 is 0 Å². The number of benzene rings is 1. The molecular weight excluding hydrogens is 468 g/mol. The zero-order valence-corrected chi connectivity index (χ0v) is 22.5. The summed E-state index contributed by atoms with van der Waals surface area (Å²) in [7, 11) is 0. The van der Waals surface area contributed by atoms with Gasteiger partial charge in [-0.05, 0) is 94.5 Å². The molecule has 0 bridgehead atoms. The van der Waals surface area contributed by atoms with Gasteiger partial charge in [0.15, 0.2) is 0 Å². The molecule has 3 fully saturated rings. The Balaban J connectivity index is 1.35. The minimum Gasteiger partial charge on any atom is -0.396 e. The van der Waals surface area contributed by atoms with Crippen molar-refractivity contribution in [3.8, 4) is 0 Å². The number of nitrogens with one attached hydrogen (secondary N) is 2. The maximum atomic E-state index is 13.5. The number of carbonyl (C=O) groups is 1. The van der Waals surface area contributed by atoms with Gasteiger partial charge in [0.25, 0.3) is 5.91 Å². The summed E-state index contributed by atoms with van der Waals surface area (Å²) < 4.78 is 0. The van der Waals surface area contributed by atoms with Gasteiger partial charge in [0.2, 0.25) is 0 Å². The Bertz CT molecular complexity index is 1070. The number of aromatic nitrogens is 1. The van der Waals surface area contributed by atoms with Crippen LogP contribution in [0.2, 0.25) is 0 Å². The molecule has 7 heteroatoms. The minimum atomic E-state index is -0.291. The largest absolute Gasteiger partial charge is 0.396 e. The number of aliphatic hydroxyl groups excluding tert-OH is 1. The van der Waals surface area contributed by atoms with Crippen LogP contribution in [0.4, 0.5) is 17.3 Å². The lowest BCUT2D eigenvalue weighted by Gasteiger charge is -2.34. The Kier molecular flexibility index (Phi) is 7.49. The third-order valence-corrected chi connectivity index (χ3v) is 9.43. The van der Waals surface area contributed by atoms with Gasteiger partial charge in [-0.3, -0.25) is 4.79 Å². The summed E-state index contributed by atoms with van der Waals surface area (Å²) in [5.41, 5.74) is 1.70. The van der Waals surface area contributed by atoms with E-state index in [1.54, 1.807) is 0 Å². The third kappa shape index (κ3) is 6.17. The van der Waals surface area contributed by atoms with Crippen molar-refractivity contribution in [3.63, 3.8) is 0 Å². The highest BCUT2D eigenvalue weighted by atomic mass is 32.2. The van der Waals surface area contributed by atoms with E-state index in [0.717, 1.165) is 30.4 Å². The van der Waals surface area contributed by atoms with Crippen molar-refractivity contribution < 1.29 is 9.90 Å². The van der Waals surface area contributed by atoms with Crippen molar-refractivity contribution in [1.82, 2.24) is 4.98 Å². The fourth-order valence-electron chi connectivity index (χ4n) is 5.54. The standard InChI is InChI=1S/C29H40N4O2S/c1-28(2,16-19-34)32-25-11-10-24(26(31-25)33-17-14-29(12-13-29)15-18-33)27(35)30-21-6-5-9-23(20-21)36-22-7-3-4-8-22/h5-6,9-11,20,22,34H,3-4,7-8,12-19H2,1-2H3,(H,30,35)(H,31,32). The average molecular weight is 509 g/mol. The van der Waals surface area contributed by atoms with Crippen molar-refractivity contribution in [2.75, 3.05) is 35.2 Å². The molecule has 0 unspecified atom stereocenters. The number of aliphatic hydroxyl groups is 1. The zero-order valence-electron chi connectivity index (χ0n) is 21.7. The van der Waals surface area contributed by atoms with Crippen LogP contribution in [0.3, 0.4) is 0 Å². The summed E-state index contributed by atoms with van der Waals surface area (Å²) in [5.74, 6) is 1.37. The van der Waals surface area contributed by atoms with E-state index >= 15 is 0 Å². The van der Waals surface area contributed by atoms with E-state index in [4.69, 9.17) is 4.98 Å². The highest BCUT2D eigenvalue weighted by molar-refractivity contribution is 8.00. The van der Waals surface area contributed by atoms with Crippen LogP contribution in [0, 0.1) is 5.41 Å². The van der Waals surface area contributed by atoms with Crippen LogP contribution in [0.15, 0.2) is 41.3 Å². The molecule has 2 aromatic rings. The van der Waals surface area contributed by atoms with Crippen molar-refractivity contribution in [2.24, 2.45) is 5.41 Å². The summed E-state index contributed by atoms with van der Waals surface area (Å²) >= 11 is 1.93. The fraction of sp³-hybridized carbons (Fsp3) is 0.586. The first-order valence-corrected chi connectivity index (χ1v) is 14.5. The van der Waals surface area contributed by atoms with Crippen LogP contribution in [0.5, 0.6) is 0 Å². The van der Waals surface area contributed by atoms with Gasteiger partial charge < -0.3 is 20.6 Å². The van der Waals surface area contributed by atoms with Crippen LogP contribution in [-0.4, -0.2) is 46.5 Å². The number of carbonyl (C=O) groups excluding carboxylic acids is 1. The number of pyridine rings is 1. The molecule has 2 heterocycles. The molecule has 36 heavy (non-hydrogen) atoms. The summed E-state index contributed by atoms with van der Waals surface area (Å²) in [4.78, 5) is 22.0. The number of amides is 1. The molecule has 3 aliphatic rings. The molecule has 1 saturated heterocycles. The van der Waals surface area contributed by atoms with Crippen LogP contribution < -0.4 is 15.5 Å². The van der Waals surface area contributed by atoms with Crippen LogP contribution in [0.1, 0.15) is 82.0 Å². The molecule has 1 amide bonds. The summed E-state index contributed by atoms with van der Waals surface area (Å²) in [6, 6.07) is 12.0. The Labute approximate surface area is 219 Å². The third-order valence-electron chi connectivity index (χ3n) is 8.10. The Morgan fingerprint density at radius 2 is 1.89 bits per heavy atom. The maximum Gasteiger partial charge on any atom is 0.259 e. The van der Waals surface area contributed by atoms with E-state index in [0.29, 0.717) is 22.6 Å². The predicted octanol–water partition coefficient (Wildman–Crippen LogP) is 6.32. The van der Waals surface area contributed by atoms with Gasteiger partial charge in [-0.2, -0.15) is 0 Å². The molecule has 1 spiro atoms. The van der Waals surface area contributed by atoms with E-state index in [1.165, 1.54) is 56.3 Å². The van der Waals surface area contributed by atoms with Crippen molar-refractivity contribution >= 4 is 35.0 Å². The van der Waals surface area contributed by atoms with E-state index < -0.39 is 0 Å². The van der Waals surface area contributed by atoms with Gasteiger partial charge in [-0.25, -0.2) is 4.98 Å². The minimum absolute atomic E-state index is 0.111. The SMILES string of the molecule is CC(C)(CCO)Nc1ccc(C(=O)Nc2cccc(SC3CCCC3)c2)c(N2CCC3(CC2)CC3)n1. The topological polar surface area (TPSA) is 77.5 Å². The van der Waals surface area contributed by atoms with E-state index in [9.17, 15) is 9.90 Å². The zero-order chi connectivity index (χ0) is 25.2. The second-order valence-electron chi connectivity index (χ2n) is 11.5. The number of rotatable bonds is 9. The van der Waals surface area contributed by atoms with Gasteiger partial charge in [0.1, 0.15) is 11.6 Å². The Morgan fingerprint density at radius 3 is 2.58 bits per heavy atom. The number of hydrogen-bond acceptors (Lipinski definition) is 6. The molecule has 3 N–H and O–H groups in total. The molecular formula is C29H40N4O2S. The summed E-state index contributed by atoms with van der Waals surface area (Å²) in [5, 5.41) is 16.7. The molecule has 2 saturated carbocycles. The van der Waals surface area contributed by atoms with Crippen molar-refractivity contribution in [2.45, 2.75) is 87.3 Å². The van der Waals surface area contributed by atoms with Crippen molar-refractivity contribution in [3.05, 3.63) is 42.0 Å². The molecule has 1 aromatic carbocycles.